The zero-order chi connectivity index (χ0) is 31.9. The Bertz CT molecular complexity index is 1670. The highest BCUT2D eigenvalue weighted by molar-refractivity contribution is 6.36. The molecule has 2 fully saturated rings. The first-order valence-electron chi connectivity index (χ1n) is 15.5. The number of hydrogen-bond acceptors (Lipinski definition) is 8. The van der Waals surface area contributed by atoms with Crippen LogP contribution in [0, 0.1) is 22.6 Å². The van der Waals surface area contributed by atoms with Gasteiger partial charge in [-0.1, -0.05) is 36.4 Å². The van der Waals surface area contributed by atoms with Gasteiger partial charge in [-0.2, -0.15) is 15.2 Å². The lowest BCUT2D eigenvalue weighted by atomic mass is 9.96. The van der Waals surface area contributed by atoms with E-state index in [1.165, 1.54) is 12.1 Å². The Hall–Kier alpha value is -3.94. The Morgan fingerprint density at radius 2 is 2.07 bits per heavy atom. The van der Waals surface area contributed by atoms with E-state index in [0.717, 1.165) is 47.5 Å². The Kier molecular flexibility index (Phi) is 8.59. The quantitative estimate of drug-likeness (QED) is 0.298. The highest BCUT2D eigenvalue weighted by atomic mass is 35.5. The van der Waals surface area contributed by atoms with Gasteiger partial charge in [0, 0.05) is 54.3 Å². The van der Waals surface area contributed by atoms with E-state index in [1.54, 1.807) is 11.0 Å². The molecular formula is C34H39ClFN7O2. The summed E-state index contributed by atoms with van der Waals surface area (Å²) in [4.78, 5) is 30.9. The van der Waals surface area contributed by atoms with Gasteiger partial charge in [0.1, 0.15) is 11.6 Å². The second-order valence-electron chi connectivity index (χ2n) is 12.9. The minimum absolute atomic E-state index is 0.0323. The first-order chi connectivity index (χ1) is 21.6. The molecule has 1 amide bonds. The van der Waals surface area contributed by atoms with Gasteiger partial charge in [0.15, 0.2) is 0 Å². The fourth-order valence-corrected chi connectivity index (χ4v) is 7.15. The van der Waals surface area contributed by atoms with Gasteiger partial charge < -0.3 is 24.3 Å². The summed E-state index contributed by atoms with van der Waals surface area (Å²) in [6.45, 7) is 9.20. The minimum Gasteiger partial charge on any atom is -0.463 e. The number of rotatable bonds is 9. The fraction of sp³-hybridized carbons (Fsp3) is 0.471. The topological polar surface area (TPSA) is 88.8 Å². The van der Waals surface area contributed by atoms with Crippen LogP contribution in [0.4, 0.5) is 15.9 Å². The van der Waals surface area contributed by atoms with Crippen molar-refractivity contribution in [1.82, 2.24) is 19.8 Å². The van der Waals surface area contributed by atoms with E-state index >= 15 is 0 Å². The van der Waals surface area contributed by atoms with Crippen molar-refractivity contribution in [3.05, 3.63) is 65.1 Å². The molecule has 9 nitrogen and oxygen atoms in total. The number of piperazine rings is 1. The highest BCUT2D eigenvalue weighted by Crippen LogP contribution is 2.46. The third-order valence-corrected chi connectivity index (χ3v) is 9.68. The minimum atomic E-state index is -0.449. The number of amides is 1. The van der Waals surface area contributed by atoms with Crippen molar-refractivity contribution in [2.45, 2.75) is 51.2 Å². The molecule has 2 aliphatic heterocycles. The highest BCUT2D eigenvalue weighted by Gasteiger charge is 2.44. The third kappa shape index (κ3) is 6.16. The summed E-state index contributed by atoms with van der Waals surface area (Å²) >= 11 is 6.55. The first kappa shape index (κ1) is 31.1. The van der Waals surface area contributed by atoms with Crippen LogP contribution in [-0.2, 0) is 17.8 Å². The second-order valence-corrected chi connectivity index (χ2v) is 13.3. The smallest absolute Gasteiger partial charge is 0.318 e. The van der Waals surface area contributed by atoms with Crippen molar-refractivity contribution in [1.29, 1.82) is 5.26 Å². The van der Waals surface area contributed by atoms with Crippen LogP contribution in [0.3, 0.4) is 0 Å². The predicted molar refractivity (Wildman–Crippen MR) is 174 cm³/mol. The Labute approximate surface area is 268 Å². The van der Waals surface area contributed by atoms with Crippen LogP contribution in [0.1, 0.15) is 37.4 Å². The Balaban J connectivity index is 1.38. The molecule has 2 atom stereocenters. The van der Waals surface area contributed by atoms with E-state index in [4.69, 9.17) is 26.3 Å². The molecular weight excluding hydrogens is 593 g/mol. The van der Waals surface area contributed by atoms with Gasteiger partial charge in [-0.05, 0) is 63.9 Å². The van der Waals surface area contributed by atoms with E-state index in [2.05, 4.69) is 48.4 Å². The number of benzene rings is 2. The normalized spacial score (nSPS) is 20.6. The fourth-order valence-electron chi connectivity index (χ4n) is 6.89. The molecule has 1 unspecified atom stereocenters. The van der Waals surface area contributed by atoms with Crippen molar-refractivity contribution < 1.29 is 13.9 Å². The second kappa shape index (κ2) is 12.5. The predicted octanol–water partition coefficient (Wildman–Crippen LogP) is 5.21. The SMILES string of the molecule is C=CC(=O)N1CCN(c2nc(OCC3(CN(C)C)CC3)nc3c2C[C@@H](C)N(c2cccc4ccc(F)c(Cl)c24)C3)CC1CC#N. The molecule has 1 saturated heterocycles. The van der Waals surface area contributed by atoms with Crippen LogP contribution in [0.5, 0.6) is 6.01 Å². The van der Waals surface area contributed by atoms with Gasteiger partial charge in [-0.3, -0.25) is 4.79 Å². The zero-order valence-electron chi connectivity index (χ0n) is 26.1. The summed E-state index contributed by atoms with van der Waals surface area (Å²) < 4.78 is 21.0. The van der Waals surface area contributed by atoms with E-state index in [1.807, 2.05) is 18.2 Å². The maximum Gasteiger partial charge on any atom is 0.318 e. The number of aromatic nitrogens is 2. The summed E-state index contributed by atoms with van der Waals surface area (Å²) in [6.07, 6.45) is 4.36. The van der Waals surface area contributed by atoms with Gasteiger partial charge >= 0.3 is 6.01 Å². The number of anilines is 2. The Morgan fingerprint density at radius 1 is 1.27 bits per heavy atom. The average molecular weight is 632 g/mol. The molecule has 1 aromatic heterocycles. The number of hydrogen-bond donors (Lipinski definition) is 0. The number of halogens is 2. The van der Waals surface area contributed by atoms with Gasteiger partial charge in [0.05, 0.1) is 42.4 Å². The van der Waals surface area contributed by atoms with Gasteiger partial charge in [-0.25, -0.2) is 4.39 Å². The van der Waals surface area contributed by atoms with E-state index in [9.17, 15) is 14.4 Å². The number of nitriles is 1. The molecule has 0 radical (unpaired) electrons. The lowest BCUT2D eigenvalue weighted by molar-refractivity contribution is -0.128. The van der Waals surface area contributed by atoms with Crippen LogP contribution in [0.25, 0.3) is 10.8 Å². The van der Waals surface area contributed by atoms with Crippen molar-refractivity contribution in [3.8, 4) is 12.1 Å². The van der Waals surface area contributed by atoms with Crippen LogP contribution in [0.15, 0.2) is 43.0 Å². The van der Waals surface area contributed by atoms with E-state index in [-0.39, 0.29) is 34.8 Å². The molecule has 3 aromatic rings. The zero-order valence-corrected chi connectivity index (χ0v) is 26.9. The first-order valence-corrected chi connectivity index (χ1v) is 15.9. The van der Waals surface area contributed by atoms with Crippen LogP contribution in [0.2, 0.25) is 5.02 Å². The van der Waals surface area contributed by atoms with Crippen LogP contribution < -0.4 is 14.5 Å². The number of carbonyl (C=O) groups excluding carboxylic acids is 1. The number of fused-ring (bicyclic) bond motifs is 2. The summed E-state index contributed by atoms with van der Waals surface area (Å²) in [6, 6.07) is 11.4. The molecule has 45 heavy (non-hydrogen) atoms. The van der Waals surface area contributed by atoms with E-state index in [0.29, 0.717) is 50.6 Å². The molecule has 0 N–H and O–H groups in total. The van der Waals surface area contributed by atoms with Gasteiger partial charge in [0.25, 0.3) is 0 Å². The molecule has 0 spiro atoms. The molecule has 1 saturated carbocycles. The molecule has 2 aromatic carbocycles. The summed E-state index contributed by atoms with van der Waals surface area (Å²) in [7, 11) is 4.15. The summed E-state index contributed by atoms with van der Waals surface area (Å²) in [5.41, 5.74) is 2.82. The molecule has 236 valence electrons. The molecule has 3 heterocycles. The molecule has 0 bridgehead atoms. The molecule has 3 aliphatic rings. The average Bonchev–Trinajstić information content (AvgIpc) is 3.79. The lowest BCUT2D eigenvalue weighted by Gasteiger charge is -2.43. The molecule has 6 rings (SSSR count). The summed E-state index contributed by atoms with van der Waals surface area (Å²) in [5.74, 6) is 0.165. The monoisotopic (exact) mass is 631 g/mol. The molecule has 1 aliphatic carbocycles. The number of ether oxygens (including phenoxy) is 1. The summed E-state index contributed by atoms with van der Waals surface area (Å²) in [5, 5.41) is 11.2. The lowest BCUT2D eigenvalue weighted by Crippen LogP contribution is -2.55. The van der Waals surface area contributed by atoms with Crippen molar-refractivity contribution >= 4 is 39.8 Å². The van der Waals surface area contributed by atoms with Gasteiger partial charge in [0.2, 0.25) is 5.91 Å². The van der Waals surface area contributed by atoms with Crippen molar-refractivity contribution in [3.63, 3.8) is 0 Å². The van der Waals surface area contributed by atoms with Crippen LogP contribution in [-0.4, -0.2) is 84.6 Å². The standard InChI is InChI=1S/C34H39ClFN7O2/c1-5-29(44)42-16-15-41(18-24(42)11-14-37)32-25-17-22(2)43(28-8-6-7-23-9-10-26(36)31(35)30(23)28)19-27(25)38-33(39-32)45-21-34(12-13-34)20-40(3)4/h5-10,22,24H,1,11-13,15-21H2,2-4H3/t22-,24?/m1/s1. The van der Waals surface area contributed by atoms with Crippen LogP contribution >= 0.6 is 11.6 Å². The number of carbonyl (C=O) groups is 1. The van der Waals surface area contributed by atoms with E-state index < -0.39 is 5.82 Å². The Morgan fingerprint density at radius 3 is 2.78 bits per heavy atom. The largest absolute Gasteiger partial charge is 0.463 e. The molecule has 11 heteroatoms. The maximum atomic E-state index is 14.6. The van der Waals surface area contributed by atoms with Crippen molar-refractivity contribution in [2.75, 3.05) is 56.7 Å². The maximum absolute atomic E-state index is 14.6. The third-order valence-electron chi connectivity index (χ3n) is 9.31. The van der Waals surface area contributed by atoms with Crippen molar-refractivity contribution in [2.24, 2.45) is 5.41 Å². The number of nitrogens with zero attached hydrogens (tertiary/aromatic N) is 7. The van der Waals surface area contributed by atoms with Gasteiger partial charge in [-0.15, -0.1) is 0 Å².